The lowest BCUT2D eigenvalue weighted by Gasteiger charge is -2.37. The third-order valence-corrected chi connectivity index (χ3v) is 7.26. The van der Waals surface area contributed by atoms with Crippen molar-refractivity contribution in [2.75, 3.05) is 51.3 Å². The average molecular weight is 500 g/mol. The molecule has 1 fully saturated rings. The Morgan fingerprint density at radius 2 is 1.49 bits per heavy atom. The van der Waals surface area contributed by atoms with E-state index < -0.39 is 33.6 Å². The minimum absolute atomic E-state index is 0.131. The summed E-state index contributed by atoms with van der Waals surface area (Å²) in [6.45, 7) is 3.29. The predicted octanol–water partition coefficient (Wildman–Crippen LogP) is 1.31. The Labute approximate surface area is 205 Å². The zero-order chi connectivity index (χ0) is 25.0. The van der Waals surface area contributed by atoms with E-state index in [1.54, 1.807) is 29.2 Å². The lowest BCUT2D eigenvalue weighted by molar-refractivity contribution is -0.137. The first-order chi connectivity index (χ1) is 16.7. The normalized spacial score (nSPS) is 17.4. The van der Waals surface area contributed by atoms with E-state index in [1.807, 2.05) is 30.3 Å². The smallest absolute Gasteiger partial charge is 0.262 e. The molecular weight excluding hydrogens is 470 g/mol. The summed E-state index contributed by atoms with van der Waals surface area (Å²) in [7, 11) is -3.40. The molecule has 2 aromatic carbocycles. The van der Waals surface area contributed by atoms with Crippen molar-refractivity contribution in [3.05, 3.63) is 65.7 Å². The van der Waals surface area contributed by atoms with Crippen LogP contribution < -0.4 is 4.74 Å². The molecule has 0 aliphatic carbocycles. The van der Waals surface area contributed by atoms with Gasteiger partial charge in [0.05, 0.1) is 16.9 Å². The first-order valence-corrected chi connectivity index (χ1v) is 13.6. The molecule has 2 aliphatic heterocycles. The zero-order valence-corrected chi connectivity index (χ0v) is 20.4. The molecule has 0 bridgehead atoms. The monoisotopic (exact) mass is 499 g/mol. The topological polar surface area (TPSA) is 104 Å². The van der Waals surface area contributed by atoms with Gasteiger partial charge in [-0.3, -0.25) is 24.2 Å². The van der Waals surface area contributed by atoms with E-state index in [2.05, 4.69) is 4.90 Å². The van der Waals surface area contributed by atoms with Crippen LogP contribution in [0, 0.1) is 0 Å². The molecule has 1 saturated heterocycles. The van der Waals surface area contributed by atoms with Gasteiger partial charge in [0.1, 0.15) is 28.2 Å². The number of carbonyl (C=O) groups is 3. The highest BCUT2D eigenvalue weighted by Gasteiger charge is 2.44. The summed E-state index contributed by atoms with van der Waals surface area (Å²) in [5.41, 5.74) is 0.468. The van der Waals surface area contributed by atoms with Gasteiger partial charge < -0.3 is 9.64 Å². The van der Waals surface area contributed by atoms with Crippen molar-refractivity contribution >= 4 is 27.6 Å². The molecule has 4 rings (SSSR count). The molecule has 10 heteroatoms. The number of para-hydroxylation sites is 1. The maximum atomic E-state index is 13.5. The standard InChI is InChI=1S/C25H29N3O6S/c1-35(32,33)18-11-22(28-23(29)20-9-5-6-10-21(20)24(28)30)25(31)27-14-12-26(13-15-27)16-17-34-19-7-3-2-4-8-19/h2-10,22H,11-18H2,1H3/t22-/m0/s1. The number of ether oxygens (including phenoxy) is 1. The fraction of sp³-hybridized carbons (Fsp3) is 0.400. The maximum Gasteiger partial charge on any atom is 0.262 e. The fourth-order valence-corrected chi connectivity index (χ4v) is 5.04. The van der Waals surface area contributed by atoms with Crippen LogP contribution >= 0.6 is 0 Å². The number of benzene rings is 2. The second-order valence-corrected chi connectivity index (χ2v) is 11.0. The van der Waals surface area contributed by atoms with Gasteiger partial charge >= 0.3 is 0 Å². The quantitative estimate of drug-likeness (QED) is 0.479. The van der Waals surface area contributed by atoms with Crippen molar-refractivity contribution in [3.8, 4) is 5.75 Å². The van der Waals surface area contributed by atoms with Gasteiger partial charge in [-0.2, -0.15) is 0 Å². The number of rotatable bonds is 9. The van der Waals surface area contributed by atoms with Crippen LogP contribution in [0.3, 0.4) is 0 Å². The van der Waals surface area contributed by atoms with E-state index in [4.69, 9.17) is 4.74 Å². The van der Waals surface area contributed by atoms with Crippen LogP contribution in [-0.4, -0.2) is 98.2 Å². The molecule has 2 aliphatic rings. The second kappa shape index (κ2) is 10.6. The highest BCUT2D eigenvalue weighted by molar-refractivity contribution is 7.90. The van der Waals surface area contributed by atoms with Crippen LogP contribution in [0.4, 0.5) is 0 Å². The second-order valence-electron chi connectivity index (χ2n) is 8.79. The molecule has 9 nitrogen and oxygen atoms in total. The molecule has 0 saturated carbocycles. The van der Waals surface area contributed by atoms with E-state index in [0.29, 0.717) is 39.3 Å². The molecule has 1 atom stereocenters. The number of hydrogen-bond donors (Lipinski definition) is 0. The Morgan fingerprint density at radius 1 is 0.914 bits per heavy atom. The molecule has 2 heterocycles. The van der Waals surface area contributed by atoms with Gasteiger partial charge in [0.15, 0.2) is 0 Å². The molecule has 0 N–H and O–H groups in total. The molecule has 0 unspecified atom stereocenters. The molecule has 186 valence electrons. The summed E-state index contributed by atoms with van der Waals surface area (Å²) in [5.74, 6) is -1.02. The molecule has 2 aromatic rings. The lowest BCUT2D eigenvalue weighted by atomic mass is 10.1. The number of sulfone groups is 1. The van der Waals surface area contributed by atoms with Gasteiger partial charge in [-0.05, 0) is 30.7 Å². The molecule has 0 radical (unpaired) electrons. The van der Waals surface area contributed by atoms with Crippen molar-refractivity contribution in [1.29, 1.82) is 0 Å². The number of amides is 3. The van der Waals surface area contributed by atoms with Crippen LogP contribution in [-0.2, 0) is 14.6 Å². The van der Waals surface area contributed by atoms with Gasteiger partial charge in [-0.25, -0.2) is 8.42 Å². The number of nitrogens with zero attached hydrogens (tertiary/aromatic N) is 3. The molecule has 35 heavy (non-hydrogen) atoms. The summed E-state index contributed by atoms with van der Waals surface area (Å²) in [6, 6.07) is 14.8. The summed E-state index contributed by atoms with van der Waals surface area (Å²) in [5, 5.41) is 0. The Kier molecular flexibility index (Phi) is 7.51. The number of fused-ring (bicyclic) bond motifs is 1. The number of carbonyl (C=O) groups excluding carboxylic acids is 3. The Balaban J connectivity index is 1.40. The van der Waals surface area contributed by atoms with E-state index in [0.717, 1.165) is 16.9 Å². The van der Waals surface area contributed by atoms with E-state index in [1.165, 1.54) is 0 Å². The van der Waals surface area contributed by atoms with Gasteiger partial charge in [0, 0.05) is 39.0 Å². The third-order valence-electron chi connectivity index (χ3n) is 6.29. The van der Waals surface area contributed by atoms with Crippen molar-refractivity contribution in [1.82, 2.24) is 14.7 Å². The first-order valence-electron chi connectivity index (χ1n) is 11.6. The SMILES string of the molecule is CS(=O)(=O)CC[C@@H](C(=O)N1CCN(CCOc2ccccc2)CC1)N1C(=O)c2ccccc2C1=O. The zero-order valence-electron chi connectivity index (χ0n) is 19.6. The van der Waals surface area contributed by atoms with Crippen LogP contribution in [0.1, 0.15) is 27.1 Å². The Hall–Kier alpha value is -3.24. The van der Waals surface area contributed by atoms with Crippen molar-refractivity contribution in [3.63, 3.8) is 0 Å². The van der Waals surface area contributed by atoms with Crippen LogP contribution in [0.5, 0.6) is 5.75 Å². The highest BCUT2D eigenvalue weighted by atomic mass is 32.2. The highest BCUT2D eigenvalue weighted by Crippen LogP contribution is 2.27. The van der Waals surface area contributed by atoms with Gasteiger partial charge in [-0.15, -0.1) is 0 Å². The number of imide groups is 1. The summed E-state index contributed by atoms with van der Waals surface area (Å²) in [6.07, 6.45) is 0.946. The van der Waals surface area contributed by atoms with Crippen molar-refractivity contribution < 1.29 is 27.5 Å². The summed E-state index contributed by atoms with van der Waals surface area (Å²) >= 11 is 0. The Morgan fingerprint density at radius 3 is 2.06 bits per heavy atom. The van der Waals surface area contributed by atoms with E-state index in [-0.39, 0.29) is 23.3 Å². The van der Waals surface area contributed by atoms with E-state index >= 15 is 0 Å². The molecular formula is C25H29N3O6S. The van der Waals surface area contributed by atoms with Gasteiger partial charge in [0.2, 0.25) is 5.91 Å². The van der Waals surface area contributed by atoms with Crippen LogP contribution in [0.25, 0.3) is 0 Å². The minimum atomic E-state index is -3.40. The van der Waals surface area contributed by atoms with Crippen molar-refractivity contribution in [2.24, 2.45) is 0 Å². The third kappa shape index (κ3) is 5.88. The minimum Gasteiger partial charge on any atom is -0.492 e. The summed E-state index contributed by atoms with van der Waals surface area (Å²) in [4.78, 5) is 44.3. The average Bonchev–Trinajstić information content (AvgIpc) is 3.10. The molecule has 3 amide bonds. The number of piperazine rings is 1. The predicted molar refractivity (Wildman–Crippen MR) is 130 cm³/mol. The van der Waals surface area contributed by atoms with Gasteiger partial charge in [-0.1, -0.05) is 30.3 Å². The molecule has 0 spiro atoms. The van der Waals surface area contributed by atoms with Gasteiger partial charge in [0.25, 0.3) is 11.8 Å². The van der Waals surface area contributed by atoms with Crippen LogP contribution in [0.2, 0.25) is 0 Å². The number of hydrogen-bond acceptors (Lipinski definition) is 7. The first kappa shape index (κ1) is 24.9. The summed E-state index contributed by atoms with van der Waals surface area (Å²) < 4.78 is 29.4. The largest absolute Gasteiger partial charge is 0.492 e. The maximum absolute atomic E-state index is 13.5. The fourth-order valence-electron chi connectivity index (χ4n) is 4.39. The van der Waals surface area contributed by atoms with Crippen LogP contribution in [0.15, 0.2) is 54.6 Å². The van der Waals surface area contributed by atoms with Crippen molar-refractivity contribution in [2.45, 2.75) is 12.5 Å². The van der Waals surface area contributed by atoms with E-state index in [9.17, 15) is 22.8 Å². The Bertz CT molecular complexity index is 1160. The lowest BCUT2D eigenvalue weighted by Crippen LogP contribution is -2.56. The molecule has 0 aromatic heterocycles.